The van der Waals surface area contributed by atoms with E-state index in [-0.39, 0.29) is 0 Å². The second-order valence-electron chi connectivity index (χ2n) is 6.26. The van der Waals surface area contributed by atoms with Crippen molar-refractivity contribution in [2.45, 2.75) is 67.8 Å². The molecule has 0 amide bonds. The van der Waals surface area contributed by atoms with Crippen molar-refractivity contribution >= 4 is 11.8 Å². The first-order valence-corrected chi connectivity index (χ1v) is 8.47. The lowest BCUT2D eigenvalue weighted by molar-refractivity contribution is 0.0250. The van der Waals surface area contributed by atoms with E-state index in [2.05, 4.69) is 35.3 Å². The van der Waals surface area contributed by atoms with Gasteiger partial charge in [0.25, 0.3) is 0 Å². The van der Waals surface area contributed by atoms with Gasteiger partial charge >= 0.3 is 0 Å². The summed E-state index contributed by atoms with van der Waals surface area (Å²) < 4.78 is 0.653. The van der Waals surface area contributed by atoms with Crippen molar-refractivity contribution in [3.63, 3.8) is 0 Å². The molecule has 2 aliphatic heterocycles. The second-order valence-corrected chi connectivity index (χ2v) is 7.53. The van der Waals surface area contributed by atoms with Crippen LogP contribution in [0.25, 0.3) is 0 Å². The van der Waals surface area contributed by atoms with Gasteiger partial charge in [0.2, 0.25) is 0 Å². The summed E-state index contributed by atoms with van der Waals surface area (Å²) in [6, 6.07) is 2.54. The second kappa shape index (κ2) is 4.75. The van der Waals surface area contributed by atoms with Gasteiger partial charge < -0.3 is 5.32 Å². The van der Waals surface area contributed by atoms with E-state index in [1.54, 1.807) is 0 Å². The van der Waals surface area contributed by atoms with Gasteiger partial charge in [-0.1, -0.05) is 6.42 Å². The number of hydrogen-bond donors (Lipinski definition) is 1. The van der Waals surface area contributed by atoms with Gasteiger partial charge in [0, 0.05) is 29.4 Å². The molecule has 2 heterocycles. The molecule has 2 saturated heterocycles. The van der Waals surface area contributed by atoms with Crippen LogP contribution in [0.2, 0.25) is 0 Å². The SMILES string of the molecule is CNC1CC2CCCC(C1)N2CC1(SC)CC1. The molecule has 3 rings (SSSR count). The van der Waals surface area contributed by atoms with E-state index in [9.17, 15) is 0 Å². The minimum Gasteiger partial charge on any atom is -0.317 e. The van der Waals surface area contributed by atoms with E-state index in [1.807, 2.05) is 0 Å². The summed E-state index contributed by atoms with van der Waals surface area (Å²) in [5.74, 6) is 0. The van der Waals surface area contributed by atoms with Gasteiger partial charge in [-0.3, -0.25) is 4.90 Å². The fourth-order valence-corrected chi connectivity index (χ4v) is 4.66. The topological polar surface area (TPSA) is 15.3 Å². The first kappa shape index (κ1) is 12.3. The number of nitrogens with one attached hydrogen (secondary N) is 1. The number of thioether (sulfide) groups is 1. The maximum Gasteiger partial charge on any atom is 0.0285 e. The Morgan fingerprint density at radius 2 is 1.88 bits per heavy atom. The van der Waals surface area contributed by atoms with E-state index < -0.39 is 0 Å². The van der Waals surface area contributed by atoms with Gasteiger partial charge in [-0.25, -0.2) is 0 Å². The molecule has 3 heteroatoms. The van der Waals surface area contributed by atoms with E-state index in [1.165, 1.54) is 51.5 Å². The van der Waals surface area contributed by atoms with Gasteiger partial charge in [0.1, 0.15) is 0 Å². The van der Waals surface area contributed by atoms with Crippen LogP contribution < -0.4 is 5.32 Å². The Labute approximate surface area is 110 Å². The van der Waals surface area contributed by atoms with Crippen LogP contribution in [0.4, 0.5) is 0 Å². The molecule has 1 N–H and O–H groups in total. The van der Waals surface area contributed by atoms with Gasteiger partial charge in [-0.15, -0.1) is 0 Å². The zero-order valence-electron chi connectivity index (χ0n) is 11.2. The van der Waals surface area contributed by atoms with Crippen molar-refractivity contribution < 1.29 is 0 Å². The third-order valence-corrected chi connectivity index (χ3v) is 6.65. The minimum absolute atomic E-state index is 0.653. The average molecular weight is 254 g/mol. The number of piperidine rings is 2. The Bertz CT molecular complexity index is 263. The van der Waals surface area contributed by atoms with E-state index in [0.29, 0.717) is 4.75 Å². The molecule has 17 heavy (non-hydrogen) atoms. The van der Waals surface area contributed by atoms with Gasteiger partial charge in [-0.05, 0) is 51.8 Å². The van der Waals surface area contributed by atoms with E-state index in [4.69, 9.17) is 0 Å². The standard InChI is InChI=1S/C14H26N2S/c1-15-11-8-12-4-3-5-13(9-11)16(12)10-14(17-2)6-7-14/h11-13,15H,3-10H2,1-2H3. The van der Waals surface area contributed by atoms with Gasteiger partial charge in [0.15, 0.2) is 0 Å². The lowest BCUT2D eigenvalue weighted by Gasteiger charge is -2.50. The number of rotatable bonds is 4. The highest BCUT2D eigenvalue weighted by Gasteiger charge is 2.47. The molecular formula is C14H26N2S. The summed E-state index contributed by atoms with van der Waals surface area (Å²) in [5, 5.41) is 3.51. The van der Waals surface area contributed by atoms with Crippen molar-refractivity contribution in [1.29, 1.82) is 0 Å². The Kier molecular flexibility index (Phi) is 3.44. The largest absolute Gasteiger partial charge is 0.317 e. The summed E-state index contributed by atoms with van der Waals surface area (Å²) in [6.45, 7) is 1.37. The first-order valence-electron chi connectivity index (χ1n) is 7.24. The zero-order chi connectivity index (χ0) is 11.9. The van der Waals surface area contributed by atoms with Crippen LogP contribution in [0, 0.1) is 0 Å². The average Bonchev–Trinajstić information content (AvgIpc) is 3.09. The molecule has 0 aromatic carbocycles. The molecule has 2 unspecified atom stereocenters. The molecule has 2 nitrogen and oxygen atoms in total. The third-order valence-electron chi connectivity index (χ3n) is 5.25. The molecule has 0 spiro atoms. The fraction of sp³-hybridized carbons (Fsp3) is 1.00. The molecule has 1 aliphatic carbocycles. The minimum atomic E-state index is 0.653. The summed E-state index contributed by atoms with van der Waals surface area (Å²) in [5.41, 5.74) is 0. The first-order chi connectivity index (χ1) is 8.26. The van der Waals surface area contributed by atoms with Crippen LogP contribution in [0.3, 0.4) is 0 Å². The Morgan fingerprint density at radius 3 is 2.35 bits per heavy atom. The van der Waals surface area contributed by atoms with Crippen LogP contribution in [0.15, 0.2) is 0 Å². The predicted molar refractivity (Wildman–Crippen MR) is 75.7 cm³/mol. The molecular weight excluding hydrogens is 228 g/mol. The van der Waals surface area contributed by atoms with Crippen LogP contribution >= 0.6 is 11.8 Å². The molecule has 0 radical (unpaired) electrons. The van der Waals surface area contributed by atoms with Crippen LogP contribution in [0.1, 0.15) is 44.9 Å². The molecule has 3 fully saturated rings. The van der Waals surface area contributed by atoms with Crippen molar-refractivity contribution in [3.8, 4) is 0 Å². The molecule has 3 aliphatic rings. The molecule has 1 saturated carbocycles. The smallest absolute Gasteiger partial charge is 0.0285 e. The molecule has 2 bridgehead atoms. The fourth-order valence-electron chi connectivity index (χ4n) is 3.87. The highest BCUT2D eigenvalue weighted by molar-refractivity contribution is 8.00. The number of nitrogens with zero attached hydrogens (tertiary/aromatic N) is 1. The Balaban J connectivity index is 1.68. The third kappa shape index (κ3) is 2.39. The summed E-state index contributed by atoms with van der Waals surface area (Å²) in [6.07, 6.45) is 12.4. The maximum absolute atomic E-state index is 3.51. The van der Waals surface area contributed by atoms with Crippen molar-refractivity contribution in [3.05, 3.63) is 0 Å². The highest BCUT2D eigenvalue weighted by Crippen LogP contribution is 2.49. The highest BCUT2D eigenvalue weighted by atomic mass is 32.2. The quantitative estimate of drug-likeness (QED) is 0.830. The lowest BCUT2D eigenvalue weighted by atomic mass is 9.81. The summed E-state index contributed by atoms with van der Waals surface area (Å²) in [4.78, 5) is 2.89. The van der Waals surface area contributed by atoms with Crippen molar-refractivity contribution in [2.24, 2.45) is 0 Å². The van der Waals surface area contributed by atoms with Gasteiger partial charge in [0.05, 0.1) is 0 Å². The molecule has 98 valence electrons. The Morgan fingerprint density at radius 1 is 1.24 bits per heavy atom. The van der Waals surface area contributed by atoms with E-state index >= 15 is 0 Å². The van der Waals surface area contributed by atoms with Gasteiger partial charge in [-0.2, -0.15) is 11.8 Å². The lowest BCUT2D eigenvalue weighted by Crippen LogP contribution is -2.57. The van der Waals surface area contributed by atoms with Crippen LogP contribution in [-0.2, 0) is 0 Å². The monoisotopic (exact) mass is 254 g/mol. The predicted octanol–water partition coefficient (Wildman–Crippen LogP) is 2.49. The summed E-state index contributed by atoms with van der Waals surface area (Å²) in [7, 11) is 2.14. The van der Waals surface area contributed by atoms with Crippen molar-refractivity contribution in [2.75, 3.05) is 19.8 Å². The maximum atomic E-state index is 3.51. The molecule has 0 aromatic heterocycles. The van der Waals surface area contributed by atoms with Crippen LogP contribution in [0.5, 0.6) is 0 Å². The summed E-state index contributed by atoms with van der Waals surface area (Å²) >= 11 is 2.12. The van der Waals surface area contributed by atoms with Crippen LogP contribution in [-0.4, -0.2) is 47.6 Å². The molecule has 0 aromatic rings. The number of hydrogen-bond acceptors (Lipinski definition) is 3. The Hall–Kier alpha value is 0.270. The molecule has 2 atom stereocenters. The zero-order valence-corrected chi connectivity index (χ0v) is 12.1. The number of fused-ring (bicyclic) bond motifs is 2. The van der Waals surface area contributed by atoms with Crippen molar-refractivity contribution in [1.82, 2.24) is 10.2 Å². The normalized spacial score (nSPS) is 40.2. The van der Waals surface area contributed by atoms with E-state index in [0.717, 1.165) is 18.1 Å².